The van der Waals surface area contributed by atoms with Crippen LogP contribution in [-0.4, -0.2) is 65.8 Å². The maximum atomic E-state index is 13.9. The molecule has 15 nitrogen and oxygen atoms in total. The average molecular weight is 687 g/mol. The number of nitrogens with zero attached hydrogens (tertiary/aromatic N) is 1. The number of hydrogen-bond donors (Lipinski definition) is 9. The van der Waals surface area contributed by atoms with Gasteiger partial charge in [-0.2, -0.15) is 0 Å². The van der Waals surface area contributed by atoms with E-state index in [0.29, 0.717) is 36.9 Å². The number of nitrogen functional groups attached to an aromatic ring is 1. The molecule has 50 heavy (non-hydrogen) atoms. The topological polar surface area (TPSA) is 264 Å². The lowest BCUT2D eigenvalue weighted by molar-refractivity contribution is -0.132. The lowest BCUT2D eigenvalue weighted by atomic mass is 9.91. The van der Waals surface area contributed by atoms with Crippen molar-refractivity contribution in [2.45, 2.75) is 63.1 Å². The van der Waals surface area contributed by atoms with Crippen molar-refractivity contribution in [3.63, 3.8) is 0 Å². The highest BCUT2D eigenvalue weighted by atomic mass is 16.5. The van der Waals surface area contributed by atoms with Gasteiger partial charge >= 0.3 is 6.09 Å². The number of amides is 4. The van der Waals surface area contributed by atoms with Crippen LogP contribution in [0.4, 0.5) is 4.79 Å². The van der Waals surface area contributed by atoms with Crippen LogP contribution in [0.2, 0.25) is 0 Å². The molecule has 0 spiro atoms. The number of hydrogen-bond acceptors (Lipinski definition) is 8. The number of carbonyl (C=O) groups is 4. The molecule has 0 aliphatic rings. The van der Waals surface area contributed by atoms with Crippen molar-refractivity contribution >= 4 is 35.6 Å². The third-order valence-electron chi connectivity index (χ3n) is 7.79. The van der Waals surface area contributed by atoms with Crippen molar-refractivity contribution in [3.05, 3.63) is 101 Å². The number of primary amides is 1. The Morgan fingerprint density at radius 2 is 1.42 bits per heavy atom. The molecule has 2 aromatic carbocycles. The van der Waals surface area contributed by atoms with Gasteiger partial charge in [0.05, 0.1) is 5.92 Å². The van der Waals surface area contributed by atoms with Gasteiger partial charge in [0.25, 0.3) is 0 Å². The fourth-order valence-electron chi connectivity index (χ4n) is 5.07. The van der Waals surface area contributed by atoms with E-state index < -0.39 is 41.8 Å². The summed E-state index contributed by atoms with van der Waals surface area (Å²) in [4.78, 5) is 56.1. The van der Waals surface area contributed by atoms with Gasteiger partial charge < -0.3 is 43.2 Å². The number of amidine groups is 1. The van der Waals surface area contributed by atoms with Gasteiger partial charge in [0.1, 0.15) is 24.5 Å². The summed E-state index contributed by atoms with van der Waals surface area (Å²) in [6, 6.07) is 17.7. The van der Waals surface area contributed by atoms with E-state index in [9.17, 15) is 19.2 Å². The molecule has 0 unspecified atom stereocenters. The van der Waals surface area contributed by atoms with Crippen LogP contribution in [0, 0.1) is 10.8 Å². The maximum Gasteiger partial charge on any atom is 0.407 e. The van der Waals surface area contributed by atoms with E-state index in [1.54, 1.807) is 48.8 Å². The summed E-state index contributed by atoms with van der Waals surface area (Å²) < 4.78 is 5.24. The fourth-order valence-corrected chi connectivity index (χ4v) is 5.07. The number of alkyl carbamates (subject to hydrolysis) is 1. The van der Waals surface area contributed by atoms with Crippen molar-refractivity contribution in [3.8, 4) is 0 Å². The summed E-state index contributed by atoms with van der Waals surface area (Å²) in [5.41, 5.74) is 19.3. The maximum absolute atomic E-state index is 13.9. The molecule has 0 fully saturated rings. The number of benzene rings is 2. The molecule has 3 rings (SSSR count). The van der Waals surface area contributed by atoms with E-state index in [0.717, 1.165) is 11.1 Å². The smallest absolute Gasteiger partial charge is 0.407 e. The molecule has 15 heteroatoms. The van der Waals surface area contributed by atoms with Crippen molar-refractivity contribution in [2.75, 3.05) is 13.1 Å². The minimum Gasteiger partial charge on any atom is -0.445 e. The third-order valence-corrected chi connectivity index (χ3v) is 7.79. The summed E-state index contributed by atoms with van der Waals surface area (Å²) >= 11 is 0. The summed E-state index contributed by atoms with van der Waals surface area (Å²) in [5.74, 6) is -2.79. The molecule has 0 saturated carbocycles. The number of aromatic nitrogens is 1. The van der Waals surface area contributed by atoms with Gasteiger partial charge in [-0.25, -0.2) is 4.79 Å². The predicted octanol–water partition coefficient (Wildman–Crippen LogP) is 1.51. The first-order chi connectivity index (χ1) is 24.0. The summed E-state index contributed by atoms with van der Waals surface area (Å²) in [5, 5.41) is 25.8. The first-order valence-electron chi connectivity index (χ1n) is 16.3. The Bertz CT molecular complexity index is 1570. The number of unbranched alkanes of at least 4 members (excludes halogenated alkanes) is 1. The largest absolute Gasteiger partial charge is 0.445 e. The van der Waals surface area contributed by atoms with Gasteiger partial charge in [-0.3, -0.25) is 30.2 Å². The SMILES string of the molecule is N=C(N)NCCC[C@H](NC(=O)[C@H](CCCCNC(=O)OCc1ccccc1)NC(=O)[C@@H](Cc1ccc(C(=N)N)cc1)c1cccnc1)C(N)=O. The molecular formula is C35H46N10O5. The molecular weight excluding hydrogens is 640 g/mol. The molecule has 0 radical (unpaired) electrons. The second kappa shape index (κ2) is 20.4. The number of carbonyl (C=O) groups excluding carboxylic acids is 4. The van der Waals surface area contributed by atoms with E-state index in [1.165, 1.54) is 0 Å². The number of nitrogens with two attached hydrogens (primary N) is 3. The van der Waals surface area contributed by atoms with Gasteiger partial charge in [-0.1, -0.05) is 60.7 Å². The zero-order valence-corrected chi connectivity index (χ0v) is 27.8. The van der Waals surface area contributed by atoms with Crippen molar-refractivity contribution in [2.24, 2.45) is 17.2 Å². The molecule has 266 valence electrons. The minimum absolute atomic E-state index is 0.0735. The van der Waals surface area contributed by atoms with Crippen LogP contribution in [-0.2, 0) is 32.1 Å². The highest BCUT2D eigenvalue weighted by Crippen LogP contribution is 2.22. The lowest BCUT2D eigenvalue weighted by Gasteiger charge is -2.25. The van der Waals surface area contributed by atoms with Crippen LogP contribution in [0.3, 0.4) is 0 Å². The molecule has 4 amide bonds. The van der Waals surface area contributed by atoms with E-state index in [1.807, 2.05) is 30.3 Å². The Labute approximate surface area is 291 Å². The van der Waals surface area contributed by atoms with Crippen LogP contribution in [0.15, 0.2) is 79.1 Å². The molecule has 12 N–H and O–H groups in total. The standard InChI is InChI=1S/C35H46N10O5/c36-30(37)25-15-13-23(14-16-25)20-27(26-10-6-17-41-21-26)32(47)45-29(33(48)44-28(31(38)46)12-7-19-42-34(39)40)11-4-5-18-43-35(49)50-22-24-8-2-1-3-9-24/h1-3,6,8-10,13-17,21,27-29H,4-5,7,11-12,18-20,22H2,(H3,36,37)(H2,38,46)(H,43,49)(H,44,48)(H,45,47)(H4,39,40,42)/t27-,28-,29-/m0/s1. The lowest BCUT2D eigenvalue weighted by Crippen LogP contribution is -2.53. The van der Waals surface area contributed by atoms with Crippen molar-refractivity contribution in [1.82, 2.24) is 26.3 Å². The molecule has 0 aliphatic heterocycles. The Balaban J connectivity index is 1.69. The number of nitrogens with one attached hydrogen (secondary N) is 6. The zero-order chi connectivity index (χ0) is 36.3. The number of rotatable bonds is 20. The van der Waals surface area contributed by atoms with Crippen LogP contribution in [0.25, 0.3) is 0 Å². The second-order valence-electron chi connectivity index (χ2n) is 11.6. The van der Waals surface area contributed by atoms with Gasteiger partial charge in [0.2, 0.25) is 17.7 Å². The monoisotopic (exact) mass is 686 g/mol. The zero-order valence-electron chi connectivity index (χ0n) is 27.8. The third kappa shape index (κ3) is 13.6. The Morgan fingerprint density at radius 1 is 0.740 bits per heavy atom. The highest BCUT2D eigenvalue weighted by Gasteiger charge is 2.29. The van der Waals surface area contributed by atoms with Gasteiger partial charge in [0.15, 0.2) is 5.96 Å². The van der Waals surface area contributed by atoms with Gasteiger partial charge in [-0.05, 0) is 61.3 Å². The van der Waals surface area contributed by atoms with Crippen LogP contribution < -0.4 is 38.5 Å². The first kappa shape index (κ1) is 38.5. The summed E-state index contributed by atoms with van der Waals surface area (Å²) in [7, 11) is 0. The molecule has 0 bridgehead atoms. The van der Waals surface area contributed by atoms with Crippen molar-refractivity contribution in [1.29, 1.82) is 10.8 Å². The highest BCUT2D eigenvalue weighted by molar-refractivity contribution is 5.95. The molecule has 1 aromatic heterocycles. The van der Waals surface area contributed by atoms with Crippen LogP contribution in [0.1, 0.15) is 60.3 Å². The van der Waals surface area contributed by atoms with E-state index in [2.05, 4.69) is 26.3 Å². The second-order valence-corrected chi connectivity index (χ2v) is 11.6. The first-order valence-corrected chi connectivity index (χ1v) is 16.3. The number of ether oxygens (including phenoxy) is 1. The predicted molar refractivity (Wildman–Crippen MR) is 189 cm³/mol. The Hall–Kier alpha value is -5.99. The molecule has 3 atom stereocenters. The normalized spacial score (nSPS) is 12.4. The minimum atomic E-state index is -1.04. The van der Waals surface area contributed by atoms with E-state index in [-0.39, 0.29) is 44.2 Å². The van der Waals surface area contributed by atoms with Crippen LogP contribution >= 0.6 is 0 Å². The quantitative estimate of drug-likeness (QED) is 0.0473. The summed E-state index contributed by atoms with van der Waals surface area (Å²) in [6.07, 6.45) is 4.57. The molecule has 0 aliphatic carbocycles. The van der Waals surface area contributed by atoms with Gasteiger partial charge in [0, 0.05) is 31.0 Å². The Morgan fingerprint density at radius 3 is 2.06 bits per heavy atom. The van der Waals surface area contributed by atoms with Crippen LogP contribution in [0.5, 0.6) is 0 Å². The Kier molecular flexibility index (Phi) is 15.7. The molecule has 1 heterocycles. The van der Waals surface area contributed by atoms with Crippen molar-refractivity contribution < 1.29 is 23.9 Å². The summed E-state index contributed by atoms with van der Waals surface area (Å²) in [6.45, 7) is 0.708. The van der Waals surface area contributed by atoms with E-state index in [4.69, 9.17) is 32.8 Å². The fraction of sp³-hybridized carbons (Fsp3) is 0.343. The average Bonchev–Trinajstić information content (AvgIpc) is 3.10. The number of guanidine groups is 1. The van der Waals surface area contributed by atoms with Gasteiger partial charge in [-0.15, -0.1) is 0 Å². The number of pyridine rings is 1. The van der Waals surface area contributed by atoms with E-state index >= 15 is 0 Å². The molecule has 0 saturated heterocycles. The molecule has 3 aromatic rings.